The summed E-state index contributed by atoms with van der Waals surface area (Å²) in [7, 11) is 0. The highest BCUT2D eigenvalue weighted by molar-refractivity contribution is 8.18. The van der Waals surface area contributed by atoms with Crippen LogP contribution in [0.1, 0.15) is 63.6 Å². The Kier molecular flexibility index (Phi) is 6.29. The zero-order chi connectivity index (χ0) is 24.8. The van der Waals surface area contributed by atoms with Crippen molar-refractivity contribution in [2.75, 3.05) is 4.90 Å². The van der Waals surface area contributed by atoms with Crippen LogP contribution in [0, 0.1) is 10.1 Å². The van der Waals surface area contributed by atoms with E-state index >= 15 is 0 Å². The Balaban J connectivity index is 1.58. The lowest BCUT2D eigenvalue weighted by Gasteiger charge is -2.50. The molecule has 0 aliphatic carbocycles. The maximum absolute atomic E-state index is 13.0. The number of thioether (sulfide) groups is 1. The summed E-state index contributed by atoms with van der Waals surface area (Å²) in [5.74, 6) is 0.0367. The van der Waals surface area contributed by atoms with E-state index in [0.717, 1.165) is 23.7 Å². The van der Waals surface area contributed by atoms with Crippen LogP contribution in [0.5, 0.6) is 0 Å². The van der Waals surface area contributed by atoms with Gasteiger partial charge in [-0.2, -0.15) is 0 Å². The van der Waals surface area contributed by atoms with E-state index < -0.39 is 4.92 Å². The highest BCUT2D eigenvalue weighted by atomic mass is 32.2. The van der Waals surface area contributed by atoms with Crippen molar-refractivity contribution in [3.05, 3.63) is 74.2 Å². The third kappa shape index (κ3) is 4.46. The van der Waals surface area contributed by atoms with E-state index in [1.807, 2.05) is 6.07 Å². The normalized spacial score (nSPS) is 20.9. The number of imide groups is 1. The number of carbonyl (C=O) groups excluding carboxylic acids is 2. The molecule has 1 atom stereocenters. The van der Waals surface area contributed by atoms with Gasteiger partial charge in [0.1, 0.15) is 0 Å². The predicted octanol–water partition coefficient (Wildman–Crippen LogP) is 6.33. The first-order valence-corrected chi connectivity index (χ1v) is 12.2. The zero-order valence-corrected chi connectivity index (χ0v) is 20.9. The minimum Gasteiger partial charge on any atom is -0.364 e. The van der Waals surface area contributed by atoms with Crippen molar-refractivity contribution in [1.29, 1.82) is 0 Å². The molecule has 1 saturated heterocycles. The minimum absolute atomic E-state index is 0.0288. The van der Waals surface area contributed by atoms with E-state index in [0.29, 0.717) is 22.4 Å². The smallest absolute Gasteiger partial charge is 0.293 e. The Morgan fingerprint density at radius 2 is 1.85 bits per heavy atom. The van der Waals surface area contributed by atoms with Crippen LogP contribution in [0.25, 0.3) is 6.08 Å². The molecule has 34 heavy (non-hydrogen) atoms. The van der Waals surface area contributed by atoms with Crippen molar-refractivity contribution in [2.45, 2.75) is 65.1 Å². The molecular weight excluding hydrogens is 450 g/mol. The van der Waals surface area contributed by atoms with Crippen molar-refractivity contribution in [2.24, 2.45) is 0 Å². The number of anilines is 1. The van der Waals surface area contributed by atoms with Gasteiger partial charge in [-0.3, -0.25) is 24.6 Å². The van der Waals surface area contributed by atoms with Crippen molar-refractivity contribution in [3.8, 4) is 0 Å². The number of rotatable bonds is 5. The summed E-state index contributed by atoms with van der Waals surface area (Å²) < 4.78 is 0. The number of hydrogen-bond acceptors (Lipinski definition) is 6. The molecule has 0 spiro atoms. The fraction of sp³-hybridized carbons (Fsp3) is 0.385. The summed E-state index contributed by atoms with van der Waals surface area (Å²) in [5, 5.41) is 10.5. The van der Waals surface area contributed by atoms with Gasteiger partial charge in [-0.15, -0.1) is 0 Å². The third-order valence-corrected chi connectivity index (χ3v) is 7.38. The van der Waals surface area contributed by atoms with Gasteiger partial charge < -0.3 is 4.90 Å². The molecule has 0 unspecified atom stereocenters. The molecular formula is C26H29N3O4S. The number of benzene rings is 2. The predicted molar refractivity (Wildman–Crippen MR) is 136 cm³/mol. The number of non-ortho nitro benzene ring substituents is 1. The summed E-state index contributed by atoms with van der Waals surface area (Å²) in [6, 6.07) is 12.5. The standard InChI is InChI=1S/C26H29N3O4S/c1-16(2)28-22-11-8-19(12-21(22)17(3)14-26(28,4)5)13-23-24(30)27(25(31)34-23)15-18-6-9-20(10-7-18)29(32)33/h6-13,16-17H,14-15H2,1-5H3/b23-13-/t17-/m0/s1. The second-order valence-electron chi connectivity index (χ2n) is 9.89. The van der Waals surface area contributed by atoms with Crippen LogP contribution in [-0.2, 0) is 11.3 Å². The second-order valence-corrected chi connectivity index (χ2v) is 10.9. The maximum Gasteiger partial charge on any atom is 0.293 e. The van der Waals surface area contributed by atoms with E-state index in [-0.39, 0.29) is 28.9 Å². The maximum atomic E-state index is 13.0. The van der Waals surface area contributed by atoms with Gasteiger partial charge in [-0.25, -0.2) is 0 Å². The number of nitro groups is 1. The molecule has 2 heterocycles. The average Bonchev–Trinajstić information content (AvgIpc) is 3.01. The monoisotopic (exact) mass is 479 g/mol. The quantitative estimate of drug-likeness (QED) is 0.283. The van der Waals surface area contributed by atoms with Crippen molar-refractivity contribution in [3.63, 3.8) is 0 Å². The van der Waals surface area contributed by atoms with Crippen molar-refractivity contribution < 1.29 is 14.5 Å². The first-order chi connectivity index (χ1) is 16.0. The Morgan fingerprint density at radius 3 is 2.47 bits per heavy atom. The van der Waals surface area contributed by atoms with Gasteiger partial charge in [0.2, 0.25) is 0 Å². The van der Waals surface area contributed by atoms with Crippen molar-refractivity contribution >= 4 is 40.4 Å². The molecule has 2 aliphatic rings. The first-order valence-electron chi connectivity index (χ1n) is 11.4. The van der Waals surface area contributed by atoms with Crippen LogP contribution in [0.4, 0.5) is 16.2 Å². The first kappa shape index (κ1) is 24.0. The summed E-state index contributed by atoms with van der Waals surface area (Å²) >= 11 is 0.927. The Hall–Kier alpha value is -3.13. The van der Waals surface area contributed by atoms with Crippen LogP contribution in [0.2, 0.25) is 0 Å². The van der Waals surface area contributed by atoms with E-state index in [9.17, 15) is 19.7 Å². The fourth-order valence-corrected chi connectivity index (χ4v) is 6.07. The second kappa shape index (κ2) is 8.91. The average molecular weight is 480 g/mol. The molecule has 2 aliphatic heterocycles. The SMILES string of the molecule is CC(C)N1c2ccc(/C=C3\SC(=O)N(Cc4ccc([N+](=O)[O-])cc4)C3=O)cc2[C@@H](C)CC1(C)C. The molecule has 0 aromatic heterocycles. The largest absolute Gasteiger partial charge is 0.364 e. The number of fused-ring (bicyclic) bond motifs is 1. The summed E-state index contributed by atoms with van der Waals surface area (Å²) in [4.78, 5) is 39.9. The lowest BCUT2D eigenvalue weighted by atomic mass is 9.79. The molecule has 2 aromatic rings. The number of nitrogens with zero attached hydrogens (tertiary/aromatic N) is 3. The van der Waals surface area contributed by atoms with Crippen LogP contribution >= 0.6 is 11.8 Å². The molecule has 8 heteroatoms. The molecule has 4 rings (SSSR count). The fourth-order valence-electron chi connectivity index (χ4n) is 5.23. The molecule has 0 N–H and O–H groups in total. The van der Waals surface area contributed by atoms with Gasteiger partial charge in [-0.1, -0.05) is 25.1 Å². The number of hydrogen-bond donors (Lipinski definition) is 0. The van der Waals surface area contributed by atoms with E-state index in [1.54, 1.807) is 18.2 Å². The highest BCUT2D eigenvalue weighted by Crippen LogP contribution is 2.45. The molecule has 0 radical (unpaired) electrons. The van der Waals surface area contributed by atoms with Gasteiger partial charge in [0, 0.05) is 29.4 Å². The Morgan fingerprint density at radius 1 is 1.18 bits per heavy atom. The van der Waals surface area contributed by atoms with Crippen LogP contribution in [0.3, 0.4) is 0 Å². The Labute approximate surface area is 204 Å². The molecule has 1 fully saturated rings. The van der Waals surface area contributed by atoms with Gasteiger partial charge in [0.15, 0.2) is 0 Å². The molecule has 2 amide bonds. The summed E-state index contributed by atoms with van der Waals surface area (Å²) in [5.41, 5.74) is 4.07. The molecule has 0 saturated carbocycles. The van der Waals surface area contributed by atoms with Crippen LogP contribution in [0.15, 0.2) is 47.4 Å². The lowest BCUT2D eigenvalue weighted by molar-refractivity contribution is -0.384. The minimum atomic E-state index is -0.479. The van der Waals surface area contributed by atoms with Crippen molar-refractivity contribution in [1.82, 2.24) is 4.90 Å². The topological polar surface area (TPSA) is 83.8 Å². The highest BCUT2D eigenvalue weighted by Gasteiger charge is 2.38. The summed E-state index contributed by atoms with van der Waals surface area (Å²) in [6.07, 6.45) is 2.82. The van der Waals surface area contributed by atoms with E-state index in [1.165, 1.54) is 28.3 Å². The molecule has 0 bridgehead atoms. The zero-order valence-electron chi connectivity index (χ0n) is 20.1. The van der Waals surface area contributed by atoms with E-state index in [4.69, 9.17) is 0 Å². The molecule has 2 aromatic carbocycles. The van der Waals surface area contributed by atoms with Gasteiger partial charge >= 0.3 is 0 Å². The third-order valence-electron chi connectivity index (χ3n) is 6.48. The number of amides is 2. The van der Waals surface area contributed by atoms with Gasteiger partial charge in [0.25, 0.3) is 16.8 Å². The number of nitro benzene ring substituents is 1. The molecule has 178 valence electrons. The van der Waals surface area contributed by atoms with Gasteiger partial charge in [-0.05, 0) is 86.7 Å². The van der Waals surface area contributed by atoms with E-state index in [2.05, 4.69) is 51.7 Å². The lowest BCUT2D eigenvalue weighted by Crippen LogP contribution is -2.51. The summed E-state index contributed by atoms with van der Waals surface area (Å²) in [6.45, 7) is 11.3. The van der Waals surface area contributed by atoms with Crippen LogP contribution < -0.4 is 4.90 Å². The van der Waals surface area contributed by atoms with Gasteiger partial charge in [0.05, 0.1) is 16.4 Å². The Bertz CT molecular complexity index is 1190. The number of carbonyl (C=O) groups is 2. The molecule has 7 nitrogen and oxygen atoms in total. The van der Waals surface area contributed by atoms with Crippen LogP contribution in [-0.4, -0.2) is 32.6 Å².